The minimum Gasteiger partial charge on any atom is -0.329 e. The maximum absolute atomic E-state index is 13.6. The van der Waals surface area contributed by atoms with Gasteiger partial charge in [0.25, 0.3) is 0 Å². The third-order valence-electron chi connectivity index (χ3n) is 2.52. The molecule has 3 rings (SSSR count). The van der Waals surface area contributed by atoms with E-state index in [9.17, 15) is 4.39 Å². The van der Waals surface area contributed by atoms with Crippen molar-refractivity contribution in [2.24, 2.45) is 0 Å². The van der Waals surface area contributed by atoms with E-state index in [1.165, 1.54) is 17.4 Å². The van der Waals surface area contributed by atoms with E-state index in [1.807, 2.05) is 12.1 Å². The van der Waals surface area contributed by atoms with Crippen molar-refractivity contribution in [3.8, 4) is 0 Å². The lowest BCUT2D eigenvalue weighted by Crippen LogP contribution is -1.92. The fraction of sp³-hybridized carbons (Fsp3) is 0. The van der Waals surface area contributed by atoms with E-state index in [1.54, 1.807) is 18.2 Å². The molecule has 3 aromatic rings. The highest BCUT2D eigenvalue weighted by atomic mass is 79.9. The van der Waals surface area contributed by atoms with Crippen molar-refractivity contribution in [2.75, 3.05) is 5.32 Å². The quantitative estimate of drug-likeness (QED) is 0.646. The molecule has 0 radical (unpaired) electrons. The molecule has 0 aliphatic heterocycles. The van der Waals surface area contributed by atoms with Gasteiger partial charge in [-0.25, -0.2) is 9.37 Å². The molecule has 0 unspecified atom stereocenters. The average molecular weight is 358 g/mol. The summed E-state index contributed by atoms with van der Waals surface area (Å²) in [6.07, 6.45) is 0. The van der Waals surface area contributed by atoms with Gasteiger partial charge in [-0.05, 0) is 36.4 Å². The second-order valence-electron chi connectivity index (χ2n) is 3.88. The van der Waals surface area contributed by atoms with Crippen LogP contribution in [0.15, 0.2) is 40.9 Å². The van der Waals surface area contributed by atoms with Gasteiger partial charge in [0.2, 0.25) is 0 Å². The minimum absolute atomic E-state index is 0.319. The molecule has 2 aromatic carbocycles. The number of anilines is 2. The molecule has 2 nitrogen and oxygen atoms in total. The third kappa shape index (κ3) is 2.73. The number of hydrogen-bond donors (Lipinski definition) is 1. The standard InChI is InChI=1S/C13H7BrClFN2S/c14-7-1-3-9(16)11(5-7)18-13-17-10-4-2-8(15)6-12(10)19-13/h1-6H,(H,17,18). The van der Waals surface area contributed by atoms with Gasteiger partial charge >= 0.3 is 0 Å². The average Bonchev–Trinajstić information content (AvgIpc) is 2.75. The first-order valence-corrected chi connectivity index (χ1v) is 7.39. The molecule has 6 heteroatoms. The van der Waals surface area contributed by atoms with E-state index in [0.29, 0.717) is 15.8 Å². The Kier molecular flexibility index (Phi) is 3.43. The minimum atomic E-state index is -0.319. The molecule has 0 spiro atoms. The summed E-state index contributed by atoms with van der Waals surface area (Å²) in [7, 11) is 0. The van der Waals surface area contributed by atoms with Crippen molar-refractivity contribution < 1.29 is 4.39 Å². The maximum Gasteiger partial charge on any atom is 0.188 e. The topological polar surface area (TPSA) is 24.9 Å². The van der Waals surface area contributed by atoms with E-state index in [4.69, 9.17) is 11.6 Å². The summed E-state index contributed by atoms with van der Waals surface area (Å²) < 4.78 is 15.4. The number of halogens is 3. The summed E-state index contributed by atoms with van der Waals surface area (Å²) in [5, 5.41) is 4.28. The van der Waals surface area contributed by atoms with Gasteiger partial charge in [0, 0.05) is 9.50 Å². The predicted molar refractivity (Wildman–Crippen MR) is 82.0 cm³/mol. The molecule has 0 saturated heterocycles. The van der Waals surface area contributed by atoms with Crippen molar-refractivity contribution >= 4 is 59.9 Å². The zero-order valence-corrected chi connectivity index (χ0v) is 12.6. The molecule has 0 saturated carbocycles. The zero-order chi connectivity index (χ0) is 13.4. The van der Waals surface area contributed by atoms with Crippen molar-refractivity contribution in [1.29, 1.82) is 0 Å². The number of rotatable bonds is 2. The molecule has 0 aliphatic rings. The maximum atomic E-state index is 13.6. The van der Waals surface area contributed by atoms with Crippen LogP contribution in [0.4, 0.5) is 15.2 Å². The Morgan fingerprint density at radius 3 is 2.89 bits per heavy atom. The highest BCUT2D eigenvalue weighted by Gasteiger charge is 2.08. The Bertz CT molecular complexity index is 759. The summed E-state index contributed by atoms with van der Waals surface area (Å²) in [6.45, 7) is 0. The molecule has 0 atom stereocenters. The van der Waals surface area contributed by atoms with Crippen molar-refractivity contribution in [3.05, 3.63) is 51.7 Å². The second-order valence-corrected chi connectivity index (χ2v) is 6.26. The Hall–Kier alpha value is -1.17. The fourth-order valence-electron chi connectivity index (χ4n) is 1.66. The number of nitrogens with one attached hydrogen (secondary N) is 1. The molecule has 0 amide bonds. The summed E-state index contributed by atoms with van der Waals surface area (Å²) in [5.41, 5.74) is 1.23. The molecular weight excluding hydrogens is 351 g/mol. The van der Waals surface area contributed by atoms with Gasteiger partial charge in [-0.1, -0.05) is 38.9 Å². The largest absolute Gasteiger partial charge is 0.329 e. The van der Waals surface area contributed by atoms with Crippen LogP contribution in [0.25, 0.3) is 10.2 Å². The van der Waals surface area contributed by atoms with Gasteiger partial charge < -0.3 is 5.32 Å². The second kappa shape index (κ2) is 5.07. The summed E-state index contributed by atoms with van der Waals surface area (Å²) in [6, 6.07) is 10.2. The molecule has 1 heterocycles. The van der Waals surface area contributed by atoms with Crippen molar-refractivity contribution in [2.45, 2.75) is 0 Å². The number of benzene rings is 2. The van der Waals surface area contributed by atoms with Crippen LogP contribution < -0.4 is 5.32 Å². The number of hydrogen-bond acceptors (Lipinski definition) is 3. The highest BCUT2D eigenvalue weighted by Crippen LogP contribution is 2.31. The smallest absolute Gasteiger partial charge is 0.188 e. The van der Waals surface area contributed by atoms with Gasteiger partial charge in [-0.3, -0.25) is 0 Å². The molecular formula is C13H7BrClFN2S. The van der Waals surface area contributed by atoms with Crippen LogP contribution in [0.3, 0.4) is 0 Å². The van der Waals surface area contributed by atoms with Crippen LogP contribution in [-0.2, 0) is 0 Å². The van der Waals surface area contributed by atoms with Gasteiger partial charge in [0.1, 0.15) is 5.82 Å². The first-order chi connectivity index (χ1) is 9.11. The van der Waals surface area contributed by atoms with E-state index in [2.05, 4.69) is 26.2 Å². The van der Waals surface area contributed by atoms with Crippen molar-refractivity contribution in [1.82, 2.24) is 4.98 Å². The van der Waals surface area contributed by atoms with E-state index in [0.717, 1.165) is 14.7 Å². The lowest BCUT2D eigenvalue weighted by Gasteiger charge is -2.04. The van der Waals surface area contributed by atoms with Crippen LogP contribution >= 0.6 is 38.9 Å². The summed E-state index contributed by atoms with van der Waals surface area (Å²) in [4.78, 5) is 4.39. The number of nitrogens with zero attached hydrogens (tertiary/aromatic N) is 1. The number of thiazole rings is 1. The highest BCUT2D eigenvalue weighted by molar-refractivity contribution is 9.10. The summed E-state index contributed by atoms with van der Waals surface area (Å²) >= 11 is 10.7. The molecule has 96 valence electrons. The van der Waals surface area contributed by atoms with Crippen LogP contribution in [-0.4, -0.2) is 4.98 Å². The van der Waals surface area contributed by atoms with Gasteiger partial charge in [0.05, 0.1) is 15.9 Å². The van der Waals surface area contributed by atoms with Crippen molar-refractivity contribution in [3.63, 3.8) is 0 Å². The molecule has 0 bridgehead atoms. The fourth-order valence-corrected chi connectivity index (χ4v) is 3.18. The number of aromatic nitrogens is 1. The Morgan fingerprint density at radius 2 is 2.05 bits per heavy atom. The van der Waals surface area contributed by atoms with E-state index in [-0.39, 0.29) is 5.82 Å². The molecule has 0 fully saturated rings. The van der Waals surface area contributed by atoms with Gasteiger partial charge in [-0.2, -0.15) is 0 Å². The van der Waals surface area contributed by atoms with Gasteiger partial charge in [0.15, 0.2) is 5.13 Å². The third-order valence-corrected chi connectivity index (χ3v) is 4.18. The Labute approximate surface area is 126 Å². The van der Waals surface area contributed by atoms with Crippen LogP contribution in [0.1, 0.15) is 0 Å². The molecule has 19 heavy (non-hydrogen) atoms. The lowest BCUT2D eigenvalue weighted by molar-refractivity contribution is 0.631. The van der Waals surface area contributed by atoms with Gasteiger partial charge in [-0.15, -0.1) is 0 Å². The number of fused-ring (bicyclic) bond motifs is 1. The van der Waals surface area contributed by atoms with E-state index < -0.39 is 0 Å². The monoisotopic (exact) mass is 356 g/mol. The lowest BCUT2D eigenvalue weighted by atomic mass is 10.3. The molecule has 1 aromatic heterocycles. The van der Waals surface area contributed by atoms with Crippen LogP contribution in [0.5, 0.6) is 0 Å². The molecule has 0 aliphatic carbocycles. The first-order valence-electron chi connectivity index (χ1n) is 5.40. The Balaban J connectivity index is 1.98. The Morgan fingerprint density at radius 1 is 1.21 bits per heavy atom. The van der Waals surface area contributed by atoms with Crippen LogP contribution in [0.2, 0.25) is 5.02 Å². The molecule has 1 N–H and O–H groups in total. The predicted octanol–water partition coefficient (Wildman–Crippen LogP) is 5.59. The normalized spacial score (nSPS) is 10.9. The zero-order valence-electron chi connectivity index (χ0n) is 9.45. The van der Waals surface area contributed by atoms with Crippen LogP contribution in [0, 0.1) is 5.82 Å². The first kappa shape index (κ1) is 12.8. The van der Waals surface area contributed by atoms with E-state index >= 15 is 0 Å². The SMILES string of the molecule is Fc1ccc(Br)cc1Nc1nc2ccc(Cl)cc2s1. The summed E-state index contributed by atoms with van der Waals surface area (Å²) in [5.74, 6) is -0.319.